The van der Waals surface area contributed by atoms with E-state index in [1.54, 1.807) is 18.2 Å². The van der Waals surface area contributed by atoms with Crippen molar-refractivity contribution < 1.29 is 19.7 Å². The minimum atomic E-state index is -0.782. The molecule has 0 aromatic heterocycles. The maximum atomic E-state index is 11.3. The Balaban J connectivity index is 2.03. The summed E-state index contributed by atoms with van der Waals surface area (Å²) in [4.78, 5) is 11.3. The highest BCUT2D eigenvalue weighted by Crippen LogP contribution is 2.39. The highest BCUT2D eigenvalue weighted by atomic mass is 16.5. The summed E-state index contributed by atoms with van der Waals surface area (Å²) < 4.78 is 5.49. The molecule has 2 N–H and O–H groups in total. The summed E-state index contributed by atoms with van der Waals surface area (Å²) in [7, 11) is 0. The Morgan fingerprint density at radius 1 is 1.35 bits per heavy atom. The predicted molar refractivity (Wildman–Crippen MR) is 62.1 cm³/mol. The Morgan fingerprint density at radius 2 is 2.06 bits per heavy atom. The van der Waals surface area contributed by atoms with Crippen LogP contribution < -0.4 is 4.74 Å². The summed E-state index contributed by atoms with van der Waals surface area (Å²) in [6.45, 7) is 0.172. The summed E-state index contributed by atoms with van der Waals surface area (Å²) in [5.41, 5.74) is -0.745. The van der Waals surface area contributed by atoms with Gasteiger partial charge in [-0.3, -0.25) is 4.79 Å². The number of carboxylic acid groups (broad SMARTS) is 1. The molecule has 0 atom stereocenters. The van der Waals surface area contributed by atoms with Crippen molar-refractivity contribution in [3.8, 4) is 11.5 Å². The van der Waals surface area contributed by atoms with Crippen molar-refractivity contribution in [2.45, 2.75) is 25.7 Å². The maximum Gasteiger partial charge on any atom is 0.313 e. The summed E-state index contributed by atoms with van der Waals surface area (Å²) in [5.74, 6) is -0.147. The van der Waals surface area contributed by atoms with Crippen LogP contribution in [-0.4, -0.2) is 22.8 Å². The SMILES string of the molecule is O=C(O)C1(COc2cccc(O)c2)CCCC1. The van der Waals surface area contributed by atoms with E-state index in [1.807, 2.05) is 0 Å². The summed E-state index contributed by atoms with van der Waals surface area (Å²) in [6, 6.07) is 6.43. The lowest BCUT2D eigenvalue weighted by Crippen LogP contribution is -2.34. The minimum absolute atomic E-state index is 0.123. The molecule has 4 nitrogen and oxygen atoms in total. The summed E-state index contributed by atoms with van der Waals surface area (Å²) in [5, 5.41) is 18.5. The van der Waals surface area contributed by atoms with E-state index in [1.165, 1.54) is 6.07 Å². The normalized spacial score (nSPS) is 17.9. The van der Waals surface area contributed by atoms with Crippen LogP contribution >= 0.6 is 0 Å². The lowest BCUT2D eigenvalue weighted by Gasteiger charge is -2.23. The third-order valence-electron chi connectivity index (χ3n) is 3.35. The molecule has 4 heteroatoms. The second-order valence-electron chi connectivity index (χ2n) is 4.58. The number of carboxylic acids is 1. The van der Waals surface area contributed by atoms with Crippen molar-refractivity contribution in [3.05, 3.63) is 24.3 Å². The Labute approximate surface area is 99.8 Å². The molecule has 17 heavy (non-hydrogen) atoms. The van der Waals surface area contributed by atoms with Crippen LogP contribution in [0.3, 0.4) is 0 Å². The second-order valence-corrected chi connectivity index (χ2v) is 4.58. The van der Waals surface area contributed by atoms with Gasteiger partial charge in [-0.05, 0) is 25.0 Å². The number of phenols is 1. The lowest BCUT2D eigenvalue weighted by molar-refractivity contribution is -0.150. The fourth-order valence-electron chi connectivity index (χ4n) is 2.27. The first-order valence-corrected chi connectivity index (χ1v) is 5.78. The zero-order chi connectivity index (χ0) is 12.3. The van der Waals surface area contributed by atoms with E-state index in [2.05, 4.69) is 0 Å². The number of hydrogen-bond donors (Lipinski definition) is 2. The van der Waals surface area contributed by atoms with E-state index < -0.39 is 11.4 Å². The van der Waals surface area contributed by atoms with Gasteiger partial charge in [0.05, 0.1) is 0 Å². The van der Waals surface area contributed by atoms with E-state index in [-0.39, 0.29) is 12.4 Å². The summed E-state index contributed by atoms with van der Waals surface area (Å²) >= 11 is 0. The van der Waals surface area contributed by atoms with Gasteiger partial charge >= 0.3 is 5.97 Å². The van der Waals surface area contributed by atoms with E-state index >= 15 is 0 Å². The predicted octanol–water partition coefficient (Wildman–Crippen LogP) is 2.42. The van der Waals surface area contributed by atoms with E-state index in [0.717, 1.165) is 12.8 Å². The van der Waals surface area contributed by atoms with E-state index in [4.69, 9.17) is 4.74 Å². The molecular formula is C13H16O4. The molecule has 1 aromatic rings. The monoisotopic (exact) mass is 236 g/mol. The Kier molecular flexibility index (Phi) is 3.22. The third-order valence-corrected chi connectivity index (χ3v) is 3.35. The van der Waals surface area contributed by atoms with Crippen molar-refractivity contribution in [1.29, 1.82) is 0 Å². The molecule has 1 fully saturated rings. The van der Waals surface area contributed by atoms with Crippen molar-refractivity contribution >= 4 is 5.97 Å². The first-order valence-electron chi connectivity index (χ1n) is 5.78. The number of ether oxygens (including phenoxy) is 1. The van der Waals surface area contributed by atoms with Crippen LogP contribution in [0, 0.1) is 5.41 Å². The van der Waals surface area contributed by atoms with Crippen LogP contribution in [0.1, 0.15) is 25.7 Å². The van der Waals surface area contributed by atoms with Crippen LogP contribution in [0.15, 0.2) is 24.3 Å². The molecule has 92 valence electrons. The van der Waals surface area contributed by atoms with Crippen LogP contribution in [0.2, 0.25) is 0 Å². The highest BCUT2D eigenvalue weighted by Gasteiger charge is 2.42. The Morgan fingerprint density at radius 3 is 2.65 bits per heavy atom. The largest absolute Gasteiger partial charge is 0.508 e. The number of aliphatic carboxylic acids is 1. The van der Waals surface area contributed by atoms with Gasteiger partial charge in [0.15, 0.2) is 0 Å². The number of phenolic OH excluding ortho intramolecular Hbond substituents is 1. The first-order chi connectivity index (χ1) is 8.12. The van der Waals surface area contributed by atoms with Crippen molar-refractivity contribution in [1.82, 2.24) is 0 Å². The number of benzene rings is 1. The van der Waals surface area contributed by atoms with Gasteiger partial charge in [0.1, 0.15) is 23.5 Å². The van der Waals surface area contributed by atoms with Crippen LogP contribution in [-0.2, 0) is 4.79 Å². The van der Waals surface area contributed by atoms with Crippen molar-refractivity contribution in [3.63, 3.8) is 0 Å². The Bertz CT molecular complexity index is 408. The molecule has 2 rings (SSSR count). The van der Waals surface area contributed by atoms with Crippen molar-refractivity contribution in [2.24, 2.45) is 5.41 Å². The number of carbonyl (C=O) groups is 1. The molecule has 1 aliphatic carbocycles. The highest BCUT2D eigenvalue weighted by molar-refractivity contribution is 5.75. The minimum Gasteiger partial charge on any atom is -0.508 e. The average molecular weight is 236 g/mol. The lowest BCUT2D eigenvalue weighted by atomic mass is 9.87. The third kappa shape index (κ3) is 2.52. The quantitative estimate of drug-likeness (QED) is 0.842. The molecule has 0 amide bonds. The van der Waals surface area contributed by atoms with Crippen molar-refractivity contribution in [2.75, 3.05) is 6.61 Å². The van der Waals surface area contributed by atoms with E-state index in [9.17, 15) is 15.0 Å². The fourth-order valence-corrected chi connectivity index (χ4v) is 2.27. The molecular weight excluding hydrogens is 220 g/mol. The average Bonchev–Trinajstić information content (AvgIpc) is 2.76. The number of aromatic hydroxyl groups is 1. The van der Waals surface area contributed by atoms with Gasteiger partial charge in [-0.2, -0.15) is 0 Å². The summed E-state index contributed by atoms with van der Waals surface area (Å²) in [6.07, 6.45) is 3.22. The number of rotatable bonds is 4. The molecule has 0 bridgehead atoms. The van der Waals surface area contributed by atoms with Gasteiger partial charge in [0.25, 0.3) is 0 Å². The molecule has 0 aliphatic heterocycles. The zero-order valence-electron chi connectivity index (χ0n) is 9.56. The van der Waals surface area contributed by atoms with Gasteiger partial charge in [-0.15, -0.1) is 0 Å². The molecule has 0 heterocycles. The second kappa shape index (κ2) is 4.65. The maximum absolute atomic E-state index is 11.3. The van der Waals surface area contributed by atoms with Gasteiger partial charge in [-0.25, -0.2) is 0 Å². The van der Waals surface area contributed by atoms with Crippen LogP contribution in [0.25, 0.3) is 0 Å². The van der Waals surface area contributed by atoms with Gasteiger partial charge in [-0.1, -0.05) is 18.9 Å². The van der Waals surface area contributed by atoms with Crippen LogP contribution in [0.4, 0.5) is 0 Å². The van der Waals surface area contributed by atoms with Gasteiger partial charge in [0.2, 0.25) is 0 Å². The molecule has 0 spiro atoms. The Hall–Kier alpha value is -1.71. The van der Waals surface area contributed by atoms with Gasteiger partial charge < -0.3 is 14.9 Å². The molecule has 1 aliphatic rings. The zero-order valence-corrected chi connectivity index (χ0v) is 9.56. The topological polar surface area (TPSA) is 66.8 Å². The molecule has 0 unspecified atom stereocenters. The van der Waals surface area contributed by atoms with Gasteiger partial charge in [0, 0.05) is 6.07 Å². The molecule has 1 aromatic carbocycles. The number of hydrogen-bond acceptors (Lipinski definition) is 3. The molecule has 0 saturated heterocycles. The smallest absolute Gasteiger partial charge is 0.313 e. The first kappa shape index (κ1) is 11.8. The molecule has 0 radical (unpaired) electrons. The van der Waals surface area contributed by atoms with E-state index in [0.29, 0.717) is 18.6 Å². The standard InChI is InChI=1S/C13H16O4/c14-10-4-3-5-11(8-10)17-9-13(12(15)16)6-1-2-7-13/h3-5,8,14H,1-2,6-7,9H2,(H,15,16). The fraction of sp³-hybridized carbons (Fsp3) is 0.462. The van der Waals surface area contributed by atoms with Crippen LogP contribution in [0.5, 0.6) is 11.5 Å². The molecule has 1 saturated carbocycles.